The quantitative estimate of drug-likeness (QED) is 0.569. The molecule has 2 rings (SSSR count). The summed E-state index contributed by atoms with van der Waals surface area (Å²) in [6.07, 6.45) is 2.05. The van der Waals surface area contributed by atoms with Gasteiger partial charge in [0.25, 0.3) is 0 Å². The molecule has 0 radical (unpaired) electrons. The molecule has 0 aromatic heterocycles. The average Bonchev–Trinajstić information content (AvgIpc) is 2.45. The first-order valence-electron chi connectivity index (χ1n) is 6.75. The van der Waals surface area contributed by atoms with E-state index in [0.717, 1.165) is 18.6 Å². The second kappa shape index (κ2) is 5.79. The van der Waals surface area contributed by atoms with Gasteiger partial charge in [0.15, 0.2) is 0 Å². The Balaban J connectivity index is 2.67. The van der Waals surface area contributed by atoms with E-state index in [1.165, 1.54) is 27.5 Å². The van der Waals surface area contributed by atoms with Crippen LogP contribution in [0, 0.1) is 0 Å². The number of benzene rings is 2. The lowest BCUT2D eigenvalue weighted by Crippen LogP contribution is -2.00. The highest BCUT2D eigenvalue weighted by Gasteiger charge is 2.07. The number of rotatable bonds is 4. The van der Waals surface area contributed by atoms with Crippen LogP contribution in [0.1, 0.15) is 37.5 Å². The SMILES string of the molecule is C=N/N=C(/C)c1cc2cc(CC)ccc2cc1CC. The Hall–Kier alpha value is -1.96. The maximum Gasteiger partial charge on any atom is 0.0674 e. The van der Waals surface area contributed by atoms with Gasteiger partial charge in [-0.3, -0.25) is 0 Å². The molecule has 0 unspecified atom stereocenters. The zero-order valence-electron chi connectivity index (χ0n) is 11.9. The van der Waals surface area contributed by atoms with Gasteiger partial charge in [-0.1, -0.05) is 38.1 Å². The average molecular weight is 252 g/mol. The van der Waals surface area contributed by atoms with Crippen molar-refractivity contribution in [3.8, 4) is 0 Å². The lowest BCUT2D eigenvalue weighted by molar-refractivity contribution is 1.13. The summed E-state index contributed by atoms with van der Waals surface area (Å²) in [5, 5.41) is 10.3. The summed E-state index contributed by atoms with van der Waals surface area (Å²) in [5.74, 6) is 0. The summed E-state index contributed by atoms with van der Waals surface area (Å²) in [6, 6.07) is 11.1. The molecule has 0 spiro atoms. The highest BCUT2D eigenvalue weighted by Crippen LogP contribution is 2.23. The summed E-state index contributed by atoms with van der Waals surface area (Å²) < 4.78 is 0. The van der Waals surface area contributed by atoms with Crippen LogP contribution in [0.3, 0.4) is 0 Å². The van der Waals surface area contributed by atoms with Crippen LogP contribution in [0.4, 0.5) is 0 Å². The van der Waals surface area contributed by atoms with Crippen molar-refractivity contribution in [2.45, 2.75) is 33.6 Å². The van der Waals surface area contributed by atoms with Crippen LogP contribution in [0.15, 0.2) is 40.5 Å². The molecule has 2 aromatic carbocycles. The van der Waals surface area contributed by atoms with Crippen LogP contribution in [-0.4, -0.2) is 12.4 Å². The molecule has 0 aliphatic heterocycles. The molecule has 0 N–H and O–H groups in total. The monoisotopic (exact) mass is 252 g/mol. The largest absolute Gasteiger partial charge is 0.167 e. The number of nitrogens with zero attached hydrogens (tertiary/aromatic N) is 2. The van der Waals surface area contributed by atoms with Crippen LogP contribution >= 0.6 is 0 Å². The zero-order chi connectivity index (χ0) is 13.8. The maximum absolute atomic E-state index is 4.08. The normalized spacial score (nSPS) is 11.8. The van der Waals surface area contributed by atoms with Gasteiger partial charge in [-0.05, 0) is 47.7 Å². The Bertz CT molecular complexity index is 639. The van der Waals surface area contributed by atoms with Crippen molar-refractivity contribution in [2.24, 2.45) is 10.2 Å². The van der Waals surface area contributed by atoms with Gasteiger partial charge < -0.3 is 0 Å². The summed E-state index contributed by atoms with van der Waals surface area (Å²) >= 11 is 0. The Morgan fingerprint density at radius 3 is 2.47 bits per heavy atom. The van der Waals surface area contributed by atoms with E-state index in [1.54, 1.807) is 0 Å². The van der Waals surface area contributed by atoms with Gasteiger partial charge in [-0.2, -0.15) is 10.2 Å². The van der Waals surface area contributed by atoms with Crippen LogP contribution < -0.4 is 0 Å². The number of hydrogen-bond acceptors (Lipinski definition) is 2. The highest BCUT2D eigenvalue weighted by atomic mass is 15.2. The highest BCUT2D eigenvalue weighted by molar-refractivity contribution is 6.03. The first kappa shape index (κ1) is 13.5. The third-order valence-corrected chi connectivity index (χ3v) is 3.53. The molecule has 0 bridgehead atoms. The second-order valence-corrected chi connectivity index (χ2v) is 4.72. The van der Waals surface area contributed by atoms with E-state index in [1.807, 2.05) is 6.92 Å². The Labute approximate surface area is 114 Å². The molecule has 19 heavy (non-hydrogen) atoms. The van der Waals surface area contributed by atoms with Gasteiger partial charge >= 0.3 is 0 Å². The topological polar surface area (TPSA) is 24.7 Å². The first-order valence-corrected chi connectivity index (χ1v) is 6.75. The molecule has 0 amide bonds. The van der Waals surface area contributed by atoms with Gasteiger partial charge in [-0.25, -0.2) is 0 Å². The van der Waals surface area contributed by atoms with E-state index in [9.17, 15) is 0 Å². The van der Waals surface area contributed by atoms with Gasteiger partial charge in [0.05, 0.1) is 5.71 Å². The summed E-state index contributed by atoms with van der Waals surface area (Å²) in [5.41, 5.74) is 4.77. The van der Waals surface area contributed by atoms with Crippen molar-refractivity contribution >= 4 is 23.2 Å². The van der Waals surface area contributed by atoms with E-state index >= 15 is 0 Å². The number of aryl methyl sites for hydroxylation is 2. The molecular weight excluding hydrogens is 232 g/mol. The van der Waals surface area contributed by atoms with Gasteiger partial charge in [0.2, 0.25) is 0 Å². The maximum atomic E-state index is 4.08. The number of hydrogen-bond donors (Lipinski definition) is 0. The Kier molecular flexibility index (Phi) is 4.10. The molecule has 98 valence electrons. The summed E-state index contributed by atoms with van der Waals surface area (Å²) in [7, 11) is 0. The third-order valence-electron chi connectivity index (χ3n) is 3.53. The van der Waals surface area contributed by atoms with E-state index in [0.29, 0.717) is 0 Å². The molecule has 2 aromatic rings. The van der Waals surface area contributed by atoms with Crippen LogP contribution in [0.2, 0.25) is 0 Å². The molecular formula is C17H20N2. The van der Waals surface area contributed by atoms with Crippen molar-refractivity contribution in [1.29, 1.82) is 0 Å². The molecule has 0 saturated carbocycles. The predicted molar refractivity (Wildman–Crippen MR) is 84.5 cm³/mol. The third kappa shape index (κ3) is 2.73. The minimum atomic E-state index is 0.927. The minimum absolute atomic E-state index is 0.927. The fraction of sp³-hybridized carbons (Fsp3) is 0.294. The second-order valence-electron chi connectivity index (χ2n) is 4.72. The van der Waals surface area contributed by atoms with Gasteiger partial charge in [0, 0.05) is 12.3 Å². The van der Waals surface area contributed by atoms with E-state index in [4.69, 9.17) is 0 Å². The van der Waals surface area contributed by atoms with Crippen LogP contribution in [0.25, 0.3) is 10.8 Å². The molecule has 2 nitrogen and oxygen atoms in total. The van der Waals surface area contributed by atoms with Crippen molar-refractivity contribution < 1.29 is 0 Å². The van der Waals surface area contributed by atoms with E-state index in [2.05, 4.69) is 61.1 Å². The van der Waals surface area contributed by atoms with Crippen molar-refractivity contribution in [3.05, 3.63) is 47.0 Å². The fourth-order valence-electron chi connectivity index (χ4n) is 2.40. The molecule has 0 aliphatic carbocycles. The van der Waals surface area contributed by atoms with Crippen molar-refractivity contribution in [3.63, 3.8) is 0 Å². The minimum Gasteiger partial charge on any atom is -0.167 e. The zero-order valence-corrected chi connectivity index (χ0v) is 11.9. The Morgan fingerprint density at radius 2 is 1.84 bits per heavy atom. The van der Waals surface area contributed by atoms with Crippen LogP contribution in [-0.2, 0) is 12.8 Å². The molecule has 2 heteroatoms. The first-order chi connectivity index (χ1) is 9.19. The Morgan fingerprint density at radius 1 is 1.05 bits per heavy atom. The van der Waals surface area contributed by atoms with E-state index < -0.39 is 0 Å². The molecule has 0 aliphatic rings. The van der Waals surface area contributed by atoms with Crippen molar-refractivity contribution in [2.75, 3.05) is 0 Å². The van der Waals surface area contributed by atoms with Gasteiger partial charge in [0.1, 0.15) is 0 Å². The smallest absolute Gasteiger partial charge is 0.0674 e. The lowest BCUT2D eigenvalue weighted by Gasteiger charge is -2.10. The van der Waals surface area contributed by atoms with E-state index in [-0.39, 0.29) is 0 Å². The van der Waals surface area contributed by atoms with Crippen molar-refractivity contribution in [1.82, 2.24) is 0 Å². The van der Waals surface area contributed by atoms with Crippen LogP contribution in [0.5, 0.6) is 0 Å². The number of fused-ring (bicyclic) bond motifs is 1. The molecule has 0 fully saturated rings. The fourth-order valence-corrected chi connectivity index (χ4v) is 2.40. The summed E-state index contributed by atoms with van der Waals surface area (Å²) in [6.45, 7) is 9.76. The molecule has 0 heterocycles. The van der Waals surface area contributed by atoms with Gasteiger partial charge in [-0.15, -0.1) is 0 Å². The standard InChI is InChI=1S/C17H20N2/c1-5-13-7-8-15-10-14(6-2)17(11-16(15)9-13)12(3)19-18-4/h7-11H,4-6H2,1-3H3/b19-12-. The molecule has 0 saturated heterocycles. The molecule has 0 atom stereocenters. The lowest BCUT2D eigenvalue weighted by atomic mass is 9.95. The predicted octanol–water partition coefficient (Wildman–Crippen LogP) is 4.39. The summed E-state index contributed by atoms with van der Waals surface area (Å²) in [4.78, 5) is 0.